The Morgan fingerprint density at radius 1 is 0.762 bits per heavy atom. The van der Waals surface area contributed by atoms with Gasteiger partial charge in [0, 0.05) is 20.3 Å². The van der Waals surface area contributed by atoms with Gasteiger partial charge in [0.15, 0.2) is 11.9 Å². The molecule has 0 radical (unpaired) electrons. The van der Waals surface area contributed by atoms with Crippen LogP contribution < -0.4 is 16.0 Å². The molecule has 2 aromatic rings. The van der Waals surface area contributed by atoms with Crippen molar-refractivity contribution in [3.8, 4) is 0 Å². The minimum absolute atomic E-state index is 0.0144. The Hall–Kier alpha value is -1.86. The van der Waals surface area contributed by atoms with E-state index in [2.05, 4.69) is 47.8 Å². The summed E-state index contributed by atoms with van der Waals surface area (Å²) in [7, 11) is 0. The third-order valence-corrected chi connectivity index (χ3v) is 3.42. The molecule has 0 unspecified atom stereocenters. The fourth-order valence-corrected chi connectivity index (χ4v) is 2.41. The molecule has 0 saturated heterocycles. The lowest BCUT2D eigenvalue weighted by atomic mass is 10.3. The maximum atomic E-state index is 7.81. The maximum absolute atomic E-state index is 7.81. The second-order valence-electron chi connectivity index (χ2n) is 4.15. The molecule has 0 amide bonds. The lowest BCUT2D eigenvalue weighted by Crippen LogP contribution is -2.38. The maximum Gasteiger partial charge on any atom is 0.199 e. The van der Waals surface area contributed by atoms with Gasteiger partial charge in [-0.2, -0.15) is 0 Å². The van der Waals surface area contributed by atoms with Crippen LogP contribution in [0.4, 0.5) is 11.4 Å². The third kappa shape index (κ3) is 5.20. The zero-order chi connectivity index (χ0) is 15.2. The molecule has 0 aliphatic heterocycles. The van der Waals surface area contributed by atoms with E-state index in [-0.39, 0.29) is 11.9 Å². The molecule has 0 bridgehead atoms. The molecule has 0 aliphatic carbocycles. The monoisotopic (exact) mass is 409 g/mol. The fourth-order valence-electron chi connectivity index (χ4n) is 1.61. The average Bonchev–Trinajstić information content (AvgIpc) is 2.38. The first-order valence-electron chi connectivity index (χ1n) is 6.02. The van der Waals surface area contributed by atoms with Crippen LogP contribution in [0.1, 0.15) is 0 Å². The number of halogens is 2. The van der Waals surface area contributed by atoms with Crippen LogP contribution in [0, 0.1) is 10.8 Å². The van der Waals surface area contributed by atoms with E-state index in [4.69, 9.17) is 10.8 Å². The van der Waals surface area contributed by atoms with Crippen LogP contribution in [-0.4, -0.2) is 11.9 Å². The minimum Gasteiger partial charge on any atom is -0.326 e. The lowest BCUT2D eigenvalue weighted by Gasteiger charge is -2.13. The number of nitrogens with one attached hydrogen (secondary N) is 5. The lowest BCUT2D eigenvalue weighted by molar-refractivity contribution is 1.22. The van der Waals surface area contributed by atoms with Gasteiger partial charge in [-0.25, -0.2) is 0 Å². The molecule has 7 heteroatoms. The van der Waals surface area contributed by atoms with Gasteiger partial charge in [0.2, 0.25) is 0 Å². The van der Waals surface area contributed by atoms with Crippen LogP contribution in [0.15, 0.2) is 57.5 Å². The molecule has 21 heavy (non-hydrogen) atoms. The minimum atomic E-state index is 0.0144. The van der Waals surface area contributed by atoms with Crippen LogP contribution in [0.5, 0.6) is 0 Å². The van der Waals surface area contributed by atoms with Crippen LogP contribution in [0.25, 0.3) is 0 Å². The molecule has 2 rings (SSSR count). The normalized spacial score (nSPS) is 9.81. The number of anilines is 2. The summed E-state index contributed by atoms with van der Waals surface area (Å²) in [6.07, 6.45) is 0. The molecule has 0 aliphatic rings. The van der Waals surface area contributed by atoms with Crippen molar-refractivity contribution in [1.29, 1.82) is 10.8 Å². The van der Waals surface area contributed by atoms with Crippen molar-refractivity contribution in [2.75, 3.05) is 10.6 Å². The third-order valence-electron chi connectivity index (χ3n) is 2.44. The molecule has 5 N–H and O–H groups in total. The molecule has 0 saturated carbocycles. The Labute approximate surface area is 139 Å². The first-order chi connectivity index (χ1) is 10.0. The number of hydrogen-bond acceptors (Lipinski definition) is 2. The van der Waals surface area contributed by atoms with Crippen molar-refractivity contribution in [3.05, 3.63) is 57.5 Å². The molecule has 0 heterocycles. The summed E-state index contributed by atoms with van der Waals surface area (Å²) in [6.45, 7) is 0. The Bertz CT molecular complexity index is 614. The molecule has 2 aromatic carbocycles. The van der Waals surface area contributed by atoms with Gasteiger partial charge in [0.05, 0.1) is 0 Å². The highest BCUT2D eigenvalue weighted by Crippen LogP contribution is 2.16. The highest BCUT2D eigenvalue weighted by molar-refractivity contribution is 9.10. The summed E-state index contributed by atoms with van der Waals surface area (Å²) in [5, 5.41) is 24.0. The number of guanidine groups is 2. The number of rotatable bonds is 2. The highest BCUT2D eigenvalue weighted by atomic mass is 79.9. The van der Waals surface area contributed by atoms with Gasteiger partial charge in [-0.15, -0.1) is 0 Å². The summed E-state index contributed by atoms with van der Waals surface area (Å²) in [4.78, 5) is 0. The molecule has 0 spiro atoms. The van der Waals surface area contributed by atoms with E-state index >= 15 is 0 Å². The van der Waals surface area contributed by atoms with Crippen LogP contribution in [0.2, 0.25) is 0 Å². The van der Waals surface area contributed by atoms with Crippen molar-refractivity contribution in [3.63, 3.8) is 0 Å². The Morgan fingerprint density at radius 2 is 1.19 bits per heavy atom. The molecule has 5 nitrogen and oxygen atoms in total. The van der Waals surface area contributed by atoms with Gasteiger partial charge >= 0.3 is 0 Å². The SMILES string of the molecule is N=C(NC(=N)Nc1cccc(Br)c1)Nc1cccc(Br)c1. The predicted octanol–water partition coefficient (Wildman–Crippen LogP) is 4.19. The molecule has 0 aromatic heterocycles. The van der Waals surface area contributed by atoms with E-state index < -0.39 is 0 Å². The molecular weight excluding hydrogens is 398 g/mol. The van der Waals surface area contributed by atoms with E-state index in [0.29, 0.717) is 0 Å². The first kappa shape index (κ1) is 15.5. The summed E-state index contributed by atoms with van der Waals surface area (Å²) in [5.41, 5.74) is 1.52. The van der Waals surface area contributed by atoms with Gasteiger partial charge in [0.25, 0.3) is 0 Å². The second-order valence-corrected chi connectivity index (χ2v) is 5.98. The average molecular weight is 411 g/mol. The summed E-state index contributed by atoms with van der Waals surface area (Å²) >= 11 is 6.73. The van der Waals surface area contributed by atoms with Gasteiger partial charge in [-0.3, -0.25) is 16.1 Å². The summed E-state index contributed by atoms with van der Waals surface area (Å²) in [5.74, 6) is 0.0289. The van der Waals surface area contributed by atoms with E-state index in [0.717, 1.165) is 20.3 Å². The van der Waals surface area contributed by atoms with E-state index in [1.165, 1.54) is 0 Å². The summed E-state index contributed by atoms with van der Waals surface area (Å²) < 4.78 is 1.84. The van der Waals surface area contributed by atoms with Crippen molar-refractivity contribution in [2.45, 2.75) is 0 Å². The van der Waals surface area contributed by atoms with Crippen molar-refractivity contribution in [2.24, 2.45) is 0 Å². The summed E-state index contributed by atoms with van der Waals surface area (Å²) in [6, 6.07) is 14.9. The Kier molecular flexibility index (Phi) is 5.35. The van der Waals surface area contributed by atoms with E-state index in [9.17, 15) is 0 Å². The Balaban J connectivity index is 1.89. The van der Waals surface area contributed by atoms with Crippen LogP contribution >= 0.6 is 31.9 Å². The van der Waals surface area contributed by atoms with E-state index in [1.807, 2.05) is 48.5 Å². The largest absolute Gasteiger partial charge is 0.326 e. The first-order valence-corrected chi connectivity index (χ1v) is 7.61. The topological polar surface area (TPSA) is 83.8 Å². The number of benzene rings is 2. The molecule has 108 valence electrons. The van der Waals surface area contributed by atoms with E-state index in [1.54, 1.807) is 0 Å². The zero-order valence-corrected chi connectivity index (χ0v) is 14.0. The van der Waals surface area contributed by atoms with Crippen LogP contribution in [0.3, 0.4) is 0 Å². The van der Waals surface area contributed by atoms with Crippen molar-refractivity contribution < 1.29 is 0 Å². The van der Waals surface area contributed by atoms with Crippen molar-refractivity contribution >= 4 is 55.2 Å². The Morgan fingerprint density at radius 3 is 1.57 bits per heavy atom. The van der Waals surface area contributed by atoms with Crippen LogP contribution in [-0.2, 0) is 0 Å². The quantitative estimate of drug-likeness (QED) is 0.380. The molecule has 0 atom stereocenters. The highest BCUT2D eigenvalue weighted by Gasteiger charge is 2.03. The van der Waals surface area contributed by atoms with Gasteiger partial charge < -0.3 is 10.6 Å². The van der Waals surface area contributed by atoms with Gasteiger partial charge in [-0.05, 0) is 36.4 Å². The van der Waals surface area contributed by atoms with Crippen molar-refractivity contribution in [1.82, 2.24) is 5.32 Å². The van der Waals surface area contributed by atoms with Gasteiger partial charge in [0.1, 0.15) is 0 Å². The smallest absolute Gasteiger partial charge is 0.199 e. The molecular formula is C14H13Br2N5. The van der Waals surface area contributed by atoms with Gasteiger partial charge in [-0.1, -0.05) is 44.0 Å². The number of hydrogen-bond donors (Lipinski definition) is 5. The predicted molar refractivity (Wildman–Crippen MR) is 94.1 cm³/mol. The zero-order valence-electron chi connectivity index (χ0n) is 10.9. The molecule has 0 fully saturated rings. The second kappa shape index (κ2) is 7.24. The standard InChI is InChI=1S/C14H13Br2N5/c15-9-3-1-5-11(7-9)19-13(17)21-14(18)20-12-6-2-4-10(16)8-12/h1-8H,(H5,17,18,19,20,21). The fraction of sp³-hybridized carbons (Fsp3) is 0.